The van der Waals surface area contributed by atoms with Gasteiger partial charge in [0.2, 0.25) is 11.7 Å². The van der Waals surface area contributed by atoms with Crippen LogP contribution in [0.2, 0.25) is 0 Å². The van der Waals surface area contributed by atoms with Crippen LogP contribution in [-0.4, -0.2) is 48.7 Å². The summed E-state index contributed by atoms with van der Waals surface area (Å²) < 4.78 is 21.2. The lowest BCUT2D eigenvalue weighted by Crippen LogP contribution is -2.36. The Morgan fingerprint density at radius 1 is 1.03 bits per heavy atom. The molecular formula is C28H26N2O8S. The number of thioether (sulfide) groups is 1. The van der Waals surface area contributed by atoms with Crippen molar-refractivity contribution in [2.75, 3.05) is 26.1 Å². The highest BCUT2D eigenvalue weighted by molar-refractivity contribution is 8.18. The fourth-order valence-electron chi connectivity index (χ4n) is 3.83. The number of anilines is 1. The van der Waals surface area contributed by atoms with Crippen molar-refractivity contribution in [3.05, 3.63) is 81.6 Å². The van der Waals surface area contributed by atoms with Crippen LogP contribution < -0.4 is 14.8 Å². The summed E-state index contributed by atoms with van der Waals surface area (Å²) in [6.45, 7) is 3.38. The first-order chi connectivity index (χ1) is 18.7. The highest BCUT2D eigenvalue weighted by Gasteiger charge is 2.36. The molecule has 2 aromatic carbocycles. The molecular weight excluding hydrogens is 524 g/mol. The fraction of sp³-hybridized carbons (Fsp3) is 0.214. The smallest absolute Gasteiger partial charge is 0.373 e. The van der Waals surface area contributed by atoms with Crippen molar-refractivity contribution in [1.82, 2.24) is 4.90 Å². The lowest BCUT2D eigenvalue weighted by molar-refractivity contribution is -0.127. The van der Waals surface area contributed by atoms with Gasteiger partial charge in [-0.1, -0.05) is 24.3 Å². The molecule has 0 aliphatic carbocycles. The van der Waals surface area contributed by atoms with Crippen molar-refractivity contribution in [3.63, 3.8) is 0 Å². The summed E-state index contributed by atoms with van der Waals surface area (Å²) in [6.07, 6.45) is 1.55. The Balaban J connectivity index is 1.42. The molecule has 2 heterocycles. The molecule has 1 N–H and O–H groups in total. The van der Waals surface area contributed by atoms with Gasteiger partial charge in [-0.25, -0.2) is 4.79 Å². The highest BCUT2D eigenvalue weighted by atomic mass is 32.2. The maximum Gasteiger partial charge on any atom is 0.373 e. The maximum atomic E-state index is 12.9. The van der Waals surface area contributed by atoms with Crippen molar-refractivity contribution < 1.29 is 37.8 Å². The minimum Gasteiger partial charge on any atom is -0.493 e. The molecule has 202 valence electrons. The summed E-state index contributed by atoms with van der Waals surface area (Å²) in [5.41, 5.74) is 3.02. The number of imide groups is 1. The molecule has 0 radical (unpaired) electrons. The Hall–Kier alpha value is -4.51. The van der Waals surface area contributed by atoms with Gasteiger partial charge in [0.15, 0.2) is 11.5 Å². The number of nitrogens with one attached hydrogen (secondary N) is 1. The van der Waals surface area contributed by atoms with Crippen molar-refractivity contribution in [2.45, 2.75) is 20.5 Å². The first-order valence-corrected chi connectivity index (χ1v) is 12.6. The molecule has 39 heavy (non-hydrogen) atoms. The molecule has 0 unspecified atom stereocenters. The summed E-state index contributed by atoms with van der Waals surface area (Å²) in [6, 6.07) is 13.7. The number of methoxy groups -OCH3 is 2. The predicted molar refractivity (Wildman–Crippen MR) is 145 cm³/mol. The predicted octanol–water partition coefficient (Wildman–Crippen LogP) is 4.95. The number of aryl methyl sites for hydroxylation is 2. The molecule has 1 fully saturated rings. The van der Waals surface area contributed by atoms with E-state index in [-0.39, 0.29) is 17.3 Å². The standard InChI is InChI=1S/C28H26N2O8S/c1-16-6-5-7-17(2)25(16)29-24(31)14-30-26(32)23(39-28(30)34)13-18-8-10-20(22(12-18)35-3)37-15-19-9-11-21(38-19)27(33)36-4/h5-13H,14-15H2,1-4H3,(H,29,31). The Labute approximate surface area is 228 Å². The quantitative estimate of drug-likeness (QED) is 0.291. The number of hydrogen-bond donors (Lipinski definition) is 1. The third-order valence-electron chi connectivity index (χ3n) is 5.82. The molecule has 1 aliphatic rings. The molecule has 11 heteroatoms. The lowest BCUT2D eigenvalue weighted by atomic mass is 10.1. The van der Waals surface area contributed by atoms with Crippen molar-refractivity contribution in [2.24, 2.45) is 0 Å². The number of esters is 1. The SMILES string of the molecule is COC(=O)c1ccc(COc2ccc(C=C3SC(=O)N(CC(=O)Nc4c(C)cccc4C)C3=O)cc2OC)o1. The van der Waals surface area contributed by atoms with E-state index >= 15 is 0 Å². The van der Waals surface area contributed by atoms with Crippen LogP contribution in [0, 0.1) is 13.8 Å². The average molecular weight is 551 g/mol. The Kier molecular flexibility index (Phi) is 8.40. The van der Waals surface area contributed by atoms with Gasteiger partial charge in [-0.3, -0.25) is 19.3 Å². The number of rotatable bonds is 9. The number of carbonyl (C=O) groups excluding carboxylic acids is 4. The number of amides is 3. The van der Waals surface area contributed by atoms with E-state index in [9.17, 15) is 19.2 Å². The molecule has 1 aromatic heterocycles. The van der Waals surface area contributed by atoms with E-state index in [4.69, 9.17) is 13.9 Å². The summed E-state index contributed by atoms with van der Waals surface area (Å²) >= 11 is 0.759. The summed E-state index contributed by atoms with van der Waals surface area (Å²) in [4.78, 5) is 50.7. The second-order valence-electron chi connectivity index (χ2n) is 8.54. The van der Waals surface area contributed by atoms with Gasteiger partial charge in [0.1, 0.15) is 18.9 Å². The van der Waals surface area contributed by atoms with E-state index in [1.807, 2.05) is 32.0 Å². The number of hydrogen-bond acceptors (Lipinski definition) is 9. The molecule has 0 bridgehead atoms. The number of benzene rings is 2. The summed E-state index contributed by atoms with van der Waals surface area (Å²) in [5, 5.41) is 2.26. The largest absolute Gasteiger partial charge is 0.493 e. The normalized spacial score (nSPS) is 14.1. The summed E-state index contributed by atoms with van der Waals surface area (Å²) in [5.74, 6) is -0.339. The van der Waals surface area contributed by atoms with Crippen molar-refractivity contribution in [1.29, 1.82) is 0 Å². The van der Waals surface area contributed by atoms with Gasteiger partial charge in [-0.15, -0.1) is 0 Å². The molecule has 1 aliphatic heterocycles. The third kappa shape index (κ3) is 6.32. The first kappa shape index (κ1) is 27.5. The Bertz CT molecular complexity index is 1460. The van der Waals surface area contributed by atoms with Gasteiger partial charge in [0.25, 0.3) is 11.1 Å². The second-order valence-corrected chi connectivity index (χ2v) is 9.53. The molecule has 0 spiro atoms. The van der Waals surface area contributed by atoms with E-state index in [2.05, 4.69) is 10.1 Å². The minimum atomic E-state index is -0.588. The number of furan rings is 1. The van der Waals surface area contributed by atoms with Crippen LogP contribution in [0.15, 0.2) is 57.9 Å². The zero-order valence-electron chi connectivity index (χ0n) is 21.7. The maximum absolute atomic E-state index is 12.9. The molecule has 3 amide bonds. The zero-order valence-corrected chi connectivity index (χ0v) is 22.5. The van der Waals surface area contributed by atoms with Gasteiger partial charge in [-0.05, 0) is 72.6 Å². The summed E-state index contributed by atoms with van der Waals surface area (Å²) in [7, 11) is 2.73. The third-order valence-corrected chi connectivity index (χ3v) is 6.73. The van der Waals surface area contributed by atoms with Crippen LogP contribution in [0.25, 0.3) is 6.08 Å². The van der Waals surface area contributed by atoms with Crippen LogP contribution >= 0.6 is 11.8 Å². The van der Waals surface area contributed by atoms with Gasteiger partial charge in [-0.2, -0.15) is 0 Å². The van der Waals surface area contributed by atoms with Gasteiger partial charge >= 0.3 is 5.97 Å². The molecule has 10 nitrogen and oxygen atoms in total. The van der Waals surface area contributed by atoms with Gasteiger partial charge < -0.3 is 23.9 Å². The van der Waals surface area contributed by atoms with Crippen LogP contribution in [0.4, 0.5) is 10.5 Å². The van der Waals surface area contributed by atoms with Gasteiger partial charge in [0.05, 0.1) is 19.1 Å². The Morgan fingerprint density at radius 2 is 1.77 bits per heavy atom. The molecule has 0 atom stereocenters. The van der Waals surface area contributed by atoms with Crippen LogP contribution in [0.3, 0.4) is 0 Å². The Morgan fingerprint density at radius 3 is 2.46 bits per heavy atom. The molecule has 3 aromatic rings. The van der Waals surface area contributed by atoms with Crippen molar-refractivity contribution in [3.8, 4) is 11.5 Å². The monoisotopic (exact) mass is 550 g/mol. The number of carbonyl (C=O) groups is 4. The average Bonchev–Trinajstić information content (AvgIpc) is 3.50. The van der Waals surface area contributed by atoms with Crippen LogP contribution in [0.1, 0.15) is 33.0 Å². The molecule has 4 rings (SSSR count). The van der Waals surface area contributed by atoms with Crippen LogP contribution in [-0.2, 0) is 20.9 Å². The number of ether oxygens (including phenoxy) is 3. The van der Waals surface area contributed by atoms with Crippen LogP contribution in [0.5, 0.6) is 11.5 Å². The van der Waals surface area contributed by atoms with E-state index in [0.29, 0.717) is 28.5 Å². The van der Waals surface area contributed by atoms with E-state index in [1.54, 1.807) is 30.3 Å². The van der Waals surface area contributed by atoms with Gasteiger partial charge in [0, 0.05) is 5.69 Å². The second kappa shape index (κ2) is 11.9. The zero-order chi connectivity index (χ0) is 28.1. The molecule has 0 saturated carbocycles. The van der Waals surface area contributed by atoms with Crippen molar-refractivity contribution >= 4 is 46.5 Å². The highest BCUT2D eigenvalue weighted by Crippen LogP contribution is 2.35. The fourth-order valence-corrected chi connectivity index (χ4v) is 4.67. The van der Waals surface area contributed by atoms with E-state index in [0.717, 1.165) is 27.8 Å². The molecule has 1 saturated heterocycles. The lowest BCUT2D eigenvalue weighted by Gasteiger charge is -2.15. The van der Waals surface area contributed by atoms with E-state index < -0.39 is 29.6 Å². The first-order valence-electron chi connectivity index (χ1n) is 11.8. The number of nitrogens with zero attached hydrogens (tertiary/aromatic N) is 1. The van der Waals surface area contributed by atoms with E-state index in [1.165, 1.54) is 20.3 Å². The minimum absolute atomic E-state index is 0.0374. The number of para-hydroxylation sites is 1. The topological polar surface area (TPSA) is 124 Å².